The van der Waals surface area contributed by atoms with Gasteiger partial charge in [-0.2, -0.15) is 9.97 Å². The first-order chi connectivity index (χ1) is 37.6. The summed E-state index contributed by atoms with van der Waals surface area (Å²) in [4.78, 5) is 16.0. The van der Waals surface area contributed by atoms with Crippen molar-refractivity contribution in [2.24, 2.45) is 0 Å². The van der Waals surface area contributed by atoms with Crippen LogP contribution in [0.5, 0.6) is 0 Å². The van der Waals surface area contributed by atoms with E-state index in [2.05, 4.69) is 233 Å². The Morgan fingerprint density at radius 2 is 0.842 bits per heavy atom. The van der Waals surface area contributed by atoms with Gasteiger partial charge in [-0.25, -0.2) is 4.98 Å². The van der Waals surface area contributed by atoms with E-state index in [1.165, 1.54) is 43.1 Å². The summed E-state index contributed by atoms with van der Waals surface area (Å²) >= 11 is 0. The third-order valence-electron chi connectivity index (χ3n) is 15.3. The first kappa shape index (κ1) is 43.4. The molecule has 4 aromatic heterocycles. The molecule has 4 heterocycles. The van der Waals surface area contributed by atoms with Crippen molar-refractivity contribution in [3.63, 3.8) is 0 Å². The molecule has 6 nitrogen and oxygen atoms in total. The number of rotatable bonds is 8. The van der Waals surface area contributed by atoms with Crippen LogP contribution in [0.4, 0.5) is 0 Å². The second-order valence-corrected chi connectivity index (χ2v) is 19.6. The molecule has 15 aromatic rings. The molecule has 0 saturated heterocycles. The molecule has 0 N–H and O–H groups in total. The molecule has 0 saturated carbocycles. The van der Waals surface area contributed by atoms with Crippen LogP contribution in [0.2, 0.25) is 0 Å². The third kappa shape index (κ3) is 6.57. The van der Waals surface area contributed by atoms with Gasteiger partial charge in [-0.3, -0.25) is 4.57 Å². The molecule has 0 bridgehead atoms. The molecule has 0 aliphatic carbocycles. The fourth-order valence-corrected chi connectivity index (χ4v) is 12.0. The van der Waals surface area contributed by atoms with Gasteiger partial charge in [0, 0.05) is 49.1 Å². The Labute approximate surface area is 437 Å². The van der Waals surface area contributed by atoms with E-state index in [1.807, 2.05) is 36.4 Å². The van der Waals surface area contributed by atoms with E-state index in [1.54, 1.807) is 0 Å². The summed E-state index contributed by atoms with van der Waals surface area (Å²) in [5, 5.41) is 14.2. The Balaban J connectivity index is 1.09. The number of hydrogen-bond acceptors (Lipinski definition) is 3. The summed E-state index contributed by atoms with van der Waals surface area (Å²) in [5.74, 6) is 1.71. The SMILES string of the molecule is C=C(/C=C(\C=C/C)n1c2ccccc2c2c(-n3c4ccccc4c4ccccc43)cc3c4ccccc4n(-c4nc(-c5ccccc5)nc(-c5ccccc5)n4)c3c21)c1ccc2c3ccccc3c3ccccc3c2c1. The normalized spacial score (nSPS) is 12.4. The fourth-order valence-electron chi connectivity index (χ4n) is 12.0. The molecular formula is C70H46N6. The van der Waals surface area contributed by atoms with Crippen LogP contribution in [0.15, 0.2) is 255 Å². The van der Waals surface area contributed by atoms with E-state index >= 15 is 0 Å². The van der Waals surface area contributed by atoms with Gasteiger partial charge in [-0.1, -0.05) is 207 Å². The van der Waals surface area contributed by atoms with Gasteiger partial charge in [0.15, 0.2) is 11.6 Å². The molecule has 0 unspecified atom stereocenters. The molecule has 0 aliphatic heterocycles. The highest BCUT2D eigenvalue weighted by Crippen LogP contribution is 2.47. The number of aromatic nitrogens is 6. The Kier molecular flexibility index (Phi) is 9.84. The van der Waals surface area contributed by atoms with Gasteiger partial charge < -0.3 is 9.13 Å². The average Bonchev–Trinajstić information content (AvgIpc) is 4.15. The predicted octanol–water partition coefficient (Wildman–Crippen LogP) is 18.1. The molecule has 11 aromatic carbocycles. The average molecular weight is 971 g/mol. The van der Waals surface area contributed by atoms with Crippen molar-refractivity contribution < 1.29 is 0 Å². The predicted molar refractivity (Wildman–Crippen MR) is 319 cm³/mol. The molecule has 0 fully saturated rings. The van der Waals surface area contributed by atoms with E-state index < -0.39 is 0 Å². The van der Waals surface area contributed by atoms with Crippen LogP contribution in [-0.4, -0.2) is 28.7 Å². The zero-order valence-electron chi connectivity index (χ0n) is 41.6. The quantitative estimate of drug-likeness (QED) is 0.113. The lowest BCUT2D eigenvalue weighted by atomic mass is 9.92. The summed E-state index contributed by atoms with van der Waals surface area (Å²) in [6.45, 7) is 6.96. The lowest BCUT2D eigenvalue weighted by molar-refractivity contribution is 0.953. The van der Waals surface area contributed by atoms with Gasteiger partial charge in [0.05, 0.1) is 38.8 Å². The van der Waals surface area contributed by atoms with Crippen LogP contribution in [-0.2, 0) is 0 Å². The largest absolute Gasteiger partial charge is 0.309 e. The molecule has 0 radical (unpaired) electrons. The zero-order valence-corrected chi connectivity index (χ0v) is 41.6. The molecular weight excluding hydrogens is 925 g/mol. The highest BCUT2D eigenvalue weighted by molar-refractivity contribution is 6.29. The Morgan fingerprint density at radius 1 is 0.395 bits per heavy atom. The van der Waals surface area contributed by atoms with Gasteiger partial charge in [0.1, 0.15) is 0 Å². The van der Waals surface area contributed by atoms with Crippen molar-refractivity contribution in [1.82, 2.24) is 28.7 Å². The molecule has 0 spiro atoms. The van der Waals surface area contributed by atoms with Crippen molar-refractivity contribution >= 4 is 109 Å². The summed E-state index contributed by atoms with van der Waals surface area (Å²) in [7, 11) is 0. The van der Waals surface area contributed by atoms with Gasteiger partial charge in [0.2, 0.25) is 5.95 Å². The molecule has 356 valence electrons. The van der Waals surface area contributed by atoms with Crippen LogP contribution in [0.25, 0.3) is 143 Å². The van der Waals surface area contributed by atoms with Crippen LogP contribution >= 0.6 is 0 Å². The maximum atomic E-state index is 5.43. The Bertz CT molecular complexity index is 4810. The minimum Gasteiger partial charge on any atom is -0.309 e. The van der Waals surface area contributed by atoms with Gasteiger partial charge in [-0.15, -0.1) is 0 Å². The zero-order chi connectivity index (χ0) is 50.4. The van der Waals surface area contributed by atoms with Gasteiger partial charge >= 0.3 is 0 Å². The van der Waals surface area contributed by atoms with E-state index in [0.717, 1.165) is 88.3 Å². The standard InChI is InChI=1S/C70H46N6/c1-3-22-48(41-44(2)47-39-40-53-51-29-11-10-27-49(51)50-28-12-13-30-52(50)58(53)42-47)74-63-38-21-17-34-57(63)65-64(75-60-35-18-14-31-54(60)55-32-15-19-36-61(55)75)43-59-56-33-16-20-37-62(56)76(66(59)67(65)74)70-72-68(45-23-6-4-7-24-45)71-69(73-70)46-25-8-5-9-26-46/h3-43H,2H2,1H3/b22-3-,48-41+. The number of fused-ring (bicyclic) bond motifs is 16. The van der Waals surface area contributed by atoms with Crippen LogP contribution in [0.3, 0.4) is 0 Å². The van der Waals surface area contributed by atoms with E-state index in [4.69, 9.17) is 21.5 Å². The number of benzene rings is 11. The second-order valence-electron chi connectivity index (χ2n) is 19.6. The van der Waals surface area contributed by atoms with Gasteiger partial charge in [0.25, 0.3) is 0 Å². The molecule has 76 heavy (non-hydrogen) atoms. The minimum atomic E-state index is 0.526. The lowest BCUT2D eigenvalue weighted by Gasteiger charge is -2.16. The van der Waals surface area contributed by atoms with Crippen molar-refractivity contribution in [3.05, 3.63) is 261 Å². The Morgan fingerprint density at radius 3 is 1.39 bits per heavy atom. The smallest absolute Gasteiger partial charge is 0.238 e. The molecule has 0 atom stereocenters. The van der Waals surface area contributed by atoms with Crippen LogP contribution in [0, 0.1) is 0 Å². The maximum absolute atomic E-state index is 5.43. The number of allylic oxidation sites excluding steroid dienone is 5. The van der Waals surface area contributed by atoms with Crippen LogP contribution < -0.4 is 0 Å². The van der Waals surface area contributed by atoms with Gasteiger partial charge in [-0.05, 0) is 98.9 Å². The molecule has 0 amide bonds. The third-order valence-corrected chi connectivity index (χ3v) is 15.3. The molecule has 0 aliphatic rings. The fraction of sp³-hybridized carbons (Fsp3) is 0.0143. The number of hydrogen-bond donors (Lipinski definition) is 0. The summed E-state index contributed by atoms with van der Waals surface area (Å²) in [6, 6.07) is 82.2. The highest BCUT2D eigenvalue weighted by Gasteiger charge is 2.28. The van der Waals surface area contributed by atoms with Crippen molar-refractivity contribution in [1.29, 1.82) is 0 Å². The van der Waals surface area contributed by atoms with Crippen molar-refractivity contribution in [3.8, 4) is 34.4 Å². The second kappa shape index (κ2) is 17.2. The van der Waals surface area contributed by atoms with E-state index in [-0.39, 0.29) is 0 Å². The van der Waals surface area contributed by atoms with E-state index in [0.29, 0.717) is 17.6 Å². The lowest BCUT2D eigenvalue weighted by Crippen LogP contribution is -2.07. The maximum Gasteiger partial charge on any atom is 0.238 e. The first-order valence-electron chi connectivity index (χ1n) is 25.8. The summed E-state index contributed by atoms with van der Waals surface area (Å²) < 4.78 is 7.20. The molecule has 6 heteroatoms. The first-order valence-corrected chi connectivity index (χ1v) is 25.8. The number of nitrogens with zero attached hydrogens (tertiary/aromatic N) is 6. The van der Waals surface area contributed by atoms with Crippen molar-refractivity contribution in [2.45, 2.75) is 6.92 Å². The summed E-state index contributed by atoms with van der Waals surface area (Å²) in [6.07, 6.45) is 6.61. The Hall–Kier alpha value is -10.2. The summed E-state index contributed by atoms with van der Waals surface area (Å²) in [5.41, 5.74) is 12.1. The minimum absolute atomic E-state index is 0.526. The topological polar surface area (TPSA) is 53.5 Å². The monoisotopic (exact) mass is 970 g/mol. The van der Waals surface area contributed by atoms with E-state index in [9.17, 15) is 0 Å². The molecule has 15 rings (SSSR count). The number of para-hydroxylation sites is 4. The van der Waals surface area contributed by atoms with Crippen molar-refractivity contribution in [2.75, 3.05) is 0 Å². The van der Waals surface area contributed by atoms with Crippen LogP contribution in [0.1, 0.15) is 12.5 Å². The highest BCUT2D eigenvalue weighted by atomic mass is 15.2.